The first-order valence-electron chi connectivity index (χ1n) is 7.09. The second-order valence-electron chi connectivity index (χ2n) is 5.50. The molecule has 0 spiro atoms. The molecule has 0 aromatic heterocycles. The van der Waals surface area contributed by atoms with E-state index in [1.54, 1.807) is 0 Å². The fourth-order valence-electron chi connectivity index (χ4n) is 2.64. The Kier molecular flexibility index (Phi) is 7.01. The monoisotopic (exact) mass is 324 g/mol. The van der Waals surface area contributed by atoms with Crippen molar-refractivity contribution in [3.05, 3.63) is 0 Å². The molecule has 1 aliphatic rings. The number of carbonyl (C=O) groups is 1. The van der Waals surface area contributed by atoms with E-state index in [2.05, 4.69) is 5.32 Å². The van der Waals surface area contributed by atoms with Crippen LogP contribution in [0.1, 0.15) is 38.5 Å². The Morgan fingerprint density at radius 2 is 2.00 bits per heavy atom. The normalized spacial score (nSPS) is 25.7. The van der Waals surface area contributed by atoms with Crippen molar-refractivity contribution in [2.75, 3.05) is 6.54 Å². The van der Waals surface area contributed by atoms with Gasteiger partial charge in [0.1, 0.15) is 12.3 Å². The second-order valence-corrected chi connectivity index (χ2v) is 7.19. The average Bonchev–Trinajstić information content (AvgIpc) is 2.86. The number of aliphatic hydroxyl groups is 1. The molecule has 0 aliphatic heterocycles. The molecule has 6 N–H and O–H groups in total. The first kappa shape index (κ1) is 18.3. The average molecular weight is 324 g/mol. The number of rotatable bonds is 9. The Morgan fingerprint density at radius 3 is 2.48 bits per heavy atom. The SMILES string of the molecule is NCCCC[C@H](NC(O)C1CCC(S(=O)(=O)O)C1)C(=O)O. The molecule has 0 aromatic carbocycles. The summed E-state index contributed by atoms with van der Waals surface area (Å²) in [6.07, 6.45) is 1.40. The van der Waals surface area contributed by atoms with Gasteiger partial charge in [-0.3, -0.25) is 14.7 Å². The molecule has 3 unspecified atom stereocenters. The maximum absolute atomic E-state index is 11.1. The summed E-state index contributed by atoms with van der Waals surface area (Å²) in [4.78, 5) is 11.1. The molecule has 1 aliphatic carbocycles. The standard InChI is InChI=1S/C12H24N2O6S/c13-6-2-1-3-10(12(16)17)14-11(15)8-4-5-9(7-8)21(18,19)20/h8-11,14-15H,1-7,13H2,(H,16,17)(H,18,19,20)/t8?,9?,10-,11?/m0/s1. The number of hydrogen-bond donors (Lipinski definition) is 5. The minimum absolute atomic E-state index is 0.127. The number of carboxylic acid groups (broad SMARTS) is 1. The molecule has 0 bridgehead atoms. The smallest absolute Gasteiger partial charge is 0.320 e. The van der Waals surface area contributed by atoms with E-state index in [4.69, 9.17) is 15.4 Å². The van der Waals surface area contributed by atoms with Gasteiger partial charge in [-0.05, 0) is 44.6 Å². The lowest BCUT2D eigenvalue weighted by Gasteiger charge is -2.23. The van der Waals surface area contributed by atoms with E-state index in [9.17, 15) is 18.3 Å². The number of nitrogens with one attached hydrogen (secondary N) is 1. The van der Waals surface area contributed by atoms with E-state index in [1.165, 1.54) is 0 Å². The van der Waals surface area contributed by atoms with Crippen LogP contribution in [0.25, 0.3) is 0 Å². The van der Waals surface area contributed by atoms with E-state index in [1.807, 2.05) is 0 Å². The van der Waals surface area contributed by atoms with Gasteiger partial charge in [0.05, 0.1) is 5.25 Å². The third kappa shape index (κ3) is 5.87. The van der Waals surface area contributed by atoms with E-state index in [0.29, 0.717) is 32.2 Å². The van der Waals surface area contributed by atoms with Crippen molar-refractivity contribution < 1.29 is 28.0 Å². The predicted molar refractivity (Wildman–Crippen MR) is 76.1 cm³/mol. The Hall–Kier alpha value is -0.740. The molecule has 0 amide bonds. The minimum atomic E-state index is -4.10. The zero-order valence-electron chi connectivity index (χ0n) is 11.8. The van der Waals surface area contributed by atoms with Crippen LogP contribution >= 0.6 is 0 Å². The van der Waals surface area contributed by atoms with E-state index >= 15 is 0 Å². The Morgan fingerprint density at radius 1 is 1.33 bits per heavy atom. The van der Waals surface area contributed by atoms with E-state index < -0.39 is 33.6 Å². The Balaban J connectivity index is 2.50. The number of unbranched alkanes of at least 4 members (excludes halogenated alkanes) is 1. The van der Waals surface area contributed by atoms with Crippen molar-refractivity contribution in [3.8, 4) is 0 Å². The van der Waals surface area contributed by atoms with Crippen molar-refractivity contribution in [1.82, 2.24) is 5.32 Å². The summed E-state index contributed by atoms with van der Waals surface area (Å²) in [6.45, 7) is 0.480. The van der Waals surface area contributed by atoms with Gasteiger partial charge in [0, 0.05) is 0 Å². The largest absolute Gasteiger partial charge is 0.480 e. The molecule has 0 heterocycles. The molecule has 1 rings (SSSR count). The molecule has 9 heteroatoms. The van der Waals surface area contributed by atoms with Crippen molar-refractivity contribution >= 4 is 16.1 Å². The zero-order chi connectivity index (χ0) is 16.0. The van der Waals surface area contributed by atoms with Gasteiger partial charge in [-0.15, -0.1) is 0 Å². The maximum atomic E-state index is 11.1. The highest BCUT2D eigenvalue weighted by molar-refractivity contribution is 7.86. The van der Waals surface area contributed by atoms with Crippen molar-refractivity contribution in [2.45, 2.75) is 56.0 Å². The quantitative estimate of drug-likeness (QED) is 0.217. The molecule has 1 saturated carbocycles. The molecule has 0 radical (unpaired) electrons. The van der Waals surface area contributed by atoms with Crippen LogP contribution in [-0.4, -0.2) is 53.2 Å². The van der Waals surface area contributed by atoms with Crippen LogP contribution in [-0.2, 0) is 14.9 Å². The predicted octanol–water partition coefficient (Wildman–Crippen LogP) is -0.467. The van der Waals surface area contributed by atoms with Crippen LogP contribution in [0.15, 0.2) is 0 Å². The van der Waals surface area contributed by atoms with Gasteiger partial charge in [-0.25, -0.2) is 0 Å². The fourth-order valence-corrected chi connectivity index (χ4v) is 3.57. The lowest BCUT2D eigenvalue weighted by Crippen LogP contribution is -2.46. The molecule has 4 atom stereocenters. The van der Waals surface area contributed by atoms with Gasteiger partial charge in [-0.2, -0.15) is 8.42 Å². The van der Waals surface area contributed by atoms with Crippen LogP contribution in [0.4, 0.5) is 0 Å². The number of carboxylic acids is 1. The molecular weight excluding hydrogens is 300 g/mol. The van der Waals surface area contributed by atoms with Crippen LogP contribution in [0.2, 0.25) is 0 Å². The Labute approximate surface area is 124 Å². The summed E-state index contributed by atoms with van der Waals surface area (Å²) in [5, 5.41) is 20.9. The van der Waals surface area contributed by atoms with Crippen LogP contribution in [0.5, 0.6) is 0 Å². The minimum Gasteiger partial charge on any atom is -0.480 e. The van der Waals surface area contributed by atoms with Gasteiger partial charge in [0.2, 0.25) is 0 Å². The summed E-state index contributed by atoms with van der Waals surface area (Å²) < 4.78 is 31.1. The molecule has 124 valence electrons. The molecule has 0 saturated heterocycles. The van der Waals surface area contributed by atoms with Crippen molar-refractivity contribution in [3.63, 3.8) is 0 Å². The highest BCUT2D eigenvalue weighted by Gasteiger charge is 2.37. The highest BCUT2D eigenvalue weighted by Crippen LogP contribution is 2.31. The second kappa shape index (κ2) is 8.04. The van der Waals surface area contributed by atoms with E-state index in [0.717, 1.165) is 0 Å². The van der Waals surface area contributed by atoms with Gasteiger partial charge >= 0.3 is 5.97 Å². The van der Waals surface area contributed by atoms with Crippen LogP contribution < -0.4 is 11.1 Å². The van der Waals surface area contributed by atoms with Crippen LogP contribution in [0.3, 0.4) is 0 Å². The van der Waals surface area contributed by atoms with Crippen molar-refractivity contribution in [2.24, 2.45) is 11.7 Å². The van der Waals surface area contributed by atoms with E-state index in [-0.39, 0.29) is 18.8 Å². The molecule has 1 fully saturated rings. The summed E-state index contributed by atoms with van der Waals surface area (Å²) in [6, 6.07) is -0.892. The Bertz CT molecular complexity index is 441. The number of nitrogens with two attached hydrogens (primary N) is 1. The summed E-state index contributed by atoms with van der Waals surface area (Å²) in [7, 11) is -4.10. The lowest BCUT2D eigenvalue weighted by molar-refractivity contribution is -0.141. The molecule has 21 heavy (non-hydrogen) atoms. The molecule has 8 nitrogen and oxygen atoms in total. The first-order valence-corrected chi connectivity index (χ1v) is 8.59. The highest BCUT2D eigenvalue weighted by atomic mass is 32.2. The van der Waals surface area contributed by atoms with Gasteiger partial charge in [0.15, 0.2) is 0 Å². The molecular formula is C12H24N2O6S. The summed E-state index contributed by atoms with van der Waals surface area (Å²) >= 11 is 0. The van der Waals surface area contributed by atoms with Crippen LogP contribution in [0, 0.1) is 5.92 Å². The summed E-state index contributed by atoms with van der Waals surface area (Å²) in [5.41, 5.74) is 5.35. The third-order valence-corrected chi connectivity index (χ3v) is 5.18. The number of aliphatic carboxylic acids is 1. The maximum Gasteiger partial charge on any atom is 0.320 e. The lowest BCUT2D eigenvalue weighted by atomic mass is 10.0. The first-order chi connectivity index (χ1) is 9.75. The van der Waals surface area contributed by atoms with Gasteiger partial charge in [0.25, 0.3) is 10.1 Å². The molecule has 0 aromatic rings. The zero-order valence-corrected chi connectivity index (χ0v) is 12.6. The topological polar surface area (TPSA) is 150 Å². The van der Waals surface area contributed by atoms with Gasteiger partial charge < -0.3 is 15.9 Å². The van der Waals surface area contributed by atoms with Crippen molar-refractivity contribution in [1.29, 1.82) is 0 Å². The number of aliphatic hydroxyl groups excluding tert-OH is 1. The number of hydrogen-bond acceptors (Lipinski definition) is 6. The summed E-state index contributed by atoms with van der Waals surface area (Å²) in [5.74, 6) is -1.44. The fraction of sp³-hybridized carbons (Fsp3) is 0.917. The van der Waals surface area contributed by atoms with Gasteiger partial charge in [-0.1, -0.05) is 6.42 Å². The third-order valence-electron chi connectivity index (χ3n) is 3.91.